The van der Waals surface area contributed by atoms with Crippen LogP contribution < -0.4 is 16.8 Å². The number of hydrogen-bond donors (Lipinski definition) is 5. The number of alkyl halides is 3. The maximum Gasteiger partial charge on any atom is 0.490 e. The van der Waals surface area contributed by atoms with E-state index in [1.807, 2.05) is 6.92 Å². The van der Waals surface area contributed by atoms with Gasteiger partial charge in [-0.15, -0.1) is 0 Å². The van der Waals surface area contributed by atoms with Gasteiger partial charge in [-0.25, -0.2) is 14.6 Å². The summed E-state index contributed by atoms with van der Waals surface area (Å²) in [6, 6.07) is -1.41. The third kappa shape index (κ3) is 11.4. The van der Waals surface area contributed by atoms with E-state index < -0.39 is 42.4 Å². The van der Waals surface area contributed by atoms with Crippen LogP contribution in [0.3, 0.4) is 0 Å². The molecule has 1 aliphatic rings. The molecule has 0 unspecified atom stereocenters. The molecular formula is C19H31F3N4O7. The van der Waals surface area contributed by atoms with Gasteiger partial charge in [0.05, 0.1) is 18.2 Å². The van der Waals surface area contributed by atoms with E-state index in [1.54, 1.807) is 0 Å². The number of carboxylic acids is 2. The minimum absolute atomic E-state index is 0.205. The van der Waals surface area contributed by atoms with Crippen LogP contribution in [0.1, 0.15) is 46.5 Å². The number of aliphatic imine (C=N–C) groups is 1. The number of aliphatic carboxylic acids is 2. The number of amides is 1. The second-order valence-electron chi connectivity index (χ2n) is 7.02. The quantitative estimate of drug-likeness (QED) is 0.172. The Hall–Kier alpha value is -3.03. The van der Waals surface area contributed by atoms with Gasteiger partial charge in [0.2, 0.25) is 11.7 Å². The predicted molar refractivity (Wildman–Crippen MR) is 111 cm³/mol. The van der Waals surface area contributed by atoms with Gasteiger partial charge in [0.25, 0.3) is 0 Å². The number of carboxylic acid groups (broad SMARTS) is 2. The summed E-state index contributed by atoms with van der Waals surface area (Å²) in [6.45, 7) is 5.90. The van der Waals surface area contributed by atoms with Gasteiger partial charge in [-0.2, -0.15) is 13.2 Å². The molecule has 0 saturated heterocycles. The number of halogens is 3. The Morgan fingerprint density at radius 3 is 2.21 bits per heavy atom. The summed E-state index contributed by atoms with van der Waals surface area (Å²) in [5.41, 5.74) is 10.9. The van der Waals surface area contributed by atoms with Gasteiger partial charge in [0.1, 0.15) is 6.10 Å². The first kappa shape index (κ1) is 30.0. The monoisotopic (exact) mass is 484 g/mol. The van der Waals surface area contributed by atoms with E-state index in [0.29, 0.717) is 13.0 Å². The smallest absolute Gasteiger partial charge is 0.478 e. The third-order valence-electron chi connectivity index (χ3n) is 4.28. The van der Waals surface area contributed by atoms with Gasteiger partial charge in [-0.1, -0.05) is 26.7 Å². The molecule has 0 radical (unpaired) electrons. The number of nitrogens with zero attached hydrogens (tertiary/aromatic N) is 1. The van der Waals surface area contributed by atoms with E-state index in [0.717, 1.165) is 19.3 Å². The summed E-state index contributed by atoms with van der Waals surface area (Å²) in [5, 5.41) is 19.2. The number of carbonyl (C=O) groups excluding carboxylic acids is 1. The Kier molecular flexibility index (Phi) is 12.9. The Morgan fingerprint density at radius 1 is 1.24 bits per heavy atom. The van der Waals surface area contributed by atoms with Gasteiger partial charge in [-0.05, 0) is 18.9 Å². The molecule has 11 nitrogen and oxygen atoms in total. The zero-order valence-corrected chi connectivity index (χ0v) is 18.6. The highest BCUT2D eigenvalue weighted by Crippen LogP contribution is 2.26. The average Bonchev–Trinajstić information content (AvgIpc) is 2.68. The lowest BCUT2D eigenvalue weighted by atomic mass is 9.93. The molecule has 4 atom stereocenters. The molecule has 0 aliphatic carbocycles. The van der Waals surface area contributed by atoms with Crippen LogP contribution in [-0.2, 0) is 23.9 Å². The van der Waals surface area contributed by atoms with E-state index in [-0.39, 0.29) is 17.6 Å². The first-order chi connectivity index (χ1) is 15.2. The lowest BCUT2D eigenvalue weighted by Gasteiger charge is -2.39. The van der Waals surface area contributed by atoms with Crippen molar-refractivity contribution >= 4 is 23.8 Å². The van der Waals surface area contributed by atoms with E-state index in [2.05, 4.69) is 17.2 Å². The summed E-state index contributed by atoms with van der Waals surface area (Å²) < 4.78 is 43.3. The van der Waals surface area contributed by atoms with Crippen molar-refractivity contribution in [2.45, 2.75) is 76.9 Å². The zero-order valence-electron chi connectivity index (χ0n) is 18.6. The van der Waals surface area contributed by atoms with Gasteiger partial charge >= 0.3 is 18.1 Å². The topological polar surface area (TPSA) is 187 Å². The van der Waals surface area contributed by atoms with E-state index in [4.69, 9.17) is 30.8 Å². The van der Waals surface area contributed by atoms with Crippen molar-refractivity contribution in [3.05, 3.63) is 11.8 Å². The van der Waals surface area contributed by atoms with Crippen LogP contribution in [0.25, 0.3) is 0 Å². The number of rotatable bonds is 10. The number of ether oxygens (including phenoxy) is 2. The Bertz CT molecular complexity index is 725. The minimum atomic E-state index is -5.08. The van der Waals surface area contributed by atoms with Crippen LogP contribution in [0, 0.1) is 0 Å². The summed E-state index contributed by atoms with van der Waals surface area (Å²) >= 11 is 0. The van der Waals surface area contributed by atoms with Gasteiger partial charge in [0, 0.05) is 13.5 Å². The van der Waals surface area contributed by atoms with Crippen molar-refractivity contribution in [3.8, 4) is 0 Å². The normalized spacial score (nSPS) is 20.8. The summed E-state index contributed by atoms with van der Waals surface area (Å²) in [7, 11) is 0. The van der Waals surface area contributed by atoms with E-state index in [9.17, 15) is 27.9 Å². The molecule has 0 aromatic heterocycles. The Labute approximate surface area is 189 Å². The first-order valence-corrected chi connectivity index (χ1v) is 10.1. The van der Waals surface area contributed by atoms with Gasteiger partial charge in [0.15, 0.2) is 5.96 Å². The summed E-state index contributed by atoms with van der Waals surface area (Å²) in [5.74, 6) is -4.75. The van der Waals surface area contributed by atoms with Crippen LogP contribution >= 0.6 is 0 Å². The number of unbranched alkanes of at least 4 members (excludes halogenated alkanes) is 2. The largest absolute Gasteiger partial charge is 0.490 e. The van der Waals surface area contributed by atoms with Gasteiger partial charge < -0.3 is 36.5 Å². The van der Waals surface area contributed by atoms with Crippen LogP contribution in [0.5, 0.6) is 0 Å². The second kappa shape index (κ2) is 14.2. The SMILES string of the molecule is CCCCCO[C@H](CC)[C@@H]1OC(C(=O)O)=C[C@H](N=C(N)N)[C@H]1NC(C)=O.O=C(O)C(F)(F)F. The highest BCUT2D eigenvalue weighted by Gasteiger charge is 2.42. The lowest BCUT2D eigenvalue weighted by Crippen LogP contribution is -2.57. The molecular weight excluding hydrogens is 453 g/mol. The maximum absolute atomic E-state index is 11.7. The summed E-state index contributed by atoms with van der Waals surface area (Å²) in [4.78, 5) is 36.1. The molecule has 7 N–H and O–H groups in total. The zero-order chi connectivity index (χ0) is 25.8. The van der Waals surface area contributed by atoms with E-state index >= 15 is 0 Å². The molecule has 0 fully saturated rings. The highest BCUT2D eigenvalue weighted by molar-refractivity contribution is 5.85. The third-order valence-corrected chi connectivity index (χ3v) is 4.28. The molecule has 1 rings (SSSR count). The van der Waals surface area contributed by atoms with Crippen molar-refractivity contribution in [2.24, 2.45) is 16.5 Å². The fourth-order valence-corrected chi connectivity index (χ4v) is 2.86. The number of hydrogen-bond acceptors (Lipinski definition) is 6. The minimum Gasteiger partial charge on any atom is -0.478 e. The van der Waals surface area contributed by atoms with E-state index in [1.165, 1.54) is 13.0 Å². The fourth-order valence-electron chi connectivity index (χ4n) is 2.86. The fraction of sp³-hybridized carbons (Fsp3) is 0.684. The Balaban J connectivity index is 0.00000126. The number of guanidine groups is 1. The average molecular weight is 484 g/mol. The number of nitrogens with one attached hydrogen (secondary N) is 1. The molecule has 1 heterocycles. The molecule has 190 valence electrons. The van der Waals surface area contributed by atoms with Crippen molar-refractivity contribution in [3.63, 3.8) is 0 Å². The molecule has 14 heteroatoms. The molecule has 1 amide bonds. The van der Waals surface area contributed by atoms with Crippen LogP contribution in [0.4, 0.5) is 13.2 Å². The molecule has 0 saturated carbocycles. The summed E-state index contributed by atoms with van der Waals surface area (Å²) in [6.07, 6.45) is -1.36. The molecule has 33 heavy (non-hydrogen) atoms. The molecule has 0 aromatic rings. The van der Waals surface area contributed by atoms with Gasteiger partial charge in [-0.3, -0.25) is 4.79 Å². The second-order valence-corrected chi connectivity index (χ2v) is 7.02. The number of nitrogens with two attached hydrogens (primary N) is 2. The highest BCUT2D eigenvalue weighted by atomic mass is 19.4. The molecule has 0 spiro atoms. The Morgan fingerprint density at radius 2 is 1.82 bits per heavy atom. The maximum atomic E-state index is 11.7. The number of carbonyl (C=O) groups is 3. The van der Waals surface area contributed by atoms with Crippen molar-refractivity contribution in [1.29, 1.82) is 0 Å². The first-order valence-electron chi connectivity index (χ1n) is 10.1. The predicted octanol–water partition coefficient (Wildman–Crippen LogP) is 1.12. The lowest BCUT2D eigenvalue weighted by molar-refractivity contribution is -0.192. The standard InChI is InChI=1S/C17H30N4O5.C2HF3O2/c1-4-6-7-8-25-12(5-2)15-14(20-10(3)22)11(21-17(18)19)9-13(26-15)16(23)24;3-2(4,5)1(6)7/h9,11-12,14-15H,4-8H2,1-3H3,(H,20,22)(H,23,24)(H4,18,19,21);(H,6,7)/t11-,12+,14+,15-;/m0./s1. The van der Waals surface area contributed by atoms with Crippen molar-refractivity contribution in [1.82, 2.24) is 5.32 Å². The van der Waals surface area contributed by atoms with Crippen molar-refractivity contribution < 1.29 is 47.2 Å². The van der Waals surface area contributed by atoms with Crippen LogP contribution in [0.15, 0.2) is 16.8 Å². The van der Waals surface area contributed by atoms with Crippen molar-refractivity contribution in [2.75, 3.05) is 6.61 Å². The molecule has 1 aliphatic heterocycles. The molecule has 0 aromatic carbocycles. The van der Waals surface area contributed by atoms with Crippen LogP contribution in [-0.4, -0.2) is 71.1 Å². The van der Waals surface area contributed by atoms with Crippen LogP contribution in [0.2, 0.25) is 0 Å². The molecule has 0 bridgehead atoms.